The van der Waals surface area contributed by atoms with Gasteiger partial charge < -0.3 is 9.50 Å². The number of alkyl halides is 3. The number of carbonyl (C=O) groups is 1. The van der Waals surface area contributed by atoms with Crippen molar-refractivity contribution in [2.45, 2.75) is 12.4 Å². The summed E-state index contributed by atoms with van der Waals surface area (Å²) in [7, 11) is -5.88. The van der Waals surface area contributed by atoms with Crippen LogP contribution in [0.2, 0.25) is 0 Å². The van der Waals surface area contributed by atoms with Crippen LogP contribution in [-0.4, -0.2) is 19.8 Å². The fourth-order valence-corrected chi connectivity index (χ4v) is 2.31. The first-order valence-corrected chi connectivity index (χ1v) is 8.49. The highest BCUT2D eigenvalue weighted by Crippen LogP contribution is 2.31. The van der Waals surface area contributed by atoms with Gasteiger partial charge in [0.25, 0.3) is 0 Å². The lowest BCUT2D eigenvalue weighted by molar-refractivity contribution is -0.114. The maximum Gasteiger partial charge on any atom is 0.534 e. The molecule has 1 amide bonds. The second-order valence-electron chi connectivity index (χ2n) is 4.96. The highest BCUT2D eigenvalue weighted by Gasteiger charge is 2.48. The second-order valence-corrected chi connectivity index (χ2v) is 6.50. The first-order valence-electron chi connectivity index (χ1n) is 7.08. The number of benzene rings is 2. The third-order valence-electron chi connectivity index (χ3n) is 2.93. The van der Waals surface area contributed by atoms with Gasteiger partial charge in [-0.3, -0.25) is 4.79 Å². The fraction of sp³-hybridized carbons (Fsp3) is 0.118. The van der Waals surface area contributed by atoms with Crippen LogP contribution in [0.5, 0.6) is 5.75 Å². The molecule has 0 saturated carbocycles. The van der Waals surface area contributed by atoms with Crippen LogP contribution in [0.4, 0.5) is 18.9 Å². The average molecular weight is 383 g/mol. The van der Waals surface area contributed by atoms with Gasteiger partial charge in [0.05, 0.1) is 11.3 Å². The van der Waals surface area contributed by atoms with Gasteiger partial charge in [0.1, 0.15) is 0 Å². The Morgan fingerprint density at radius 2 is 1.69 bits per heavy atom. The van der Waals surface area contributed by atoms with Crippen molar-refractivity contribution in [1.82, 2.24) is 0 Å². The van der Waals surface area contributed by atoms with Crippen molar-refractivity contribution >= 4 is 21.7 Å². The van der Waals surface area contributed by atoms with E-state index in [1.807, 2.05) is 0 Å². The maximum atomic E-state index is 12.6. The number of hydrogen-bond acceptors (Lipinski definition) is 4. The van der Waals surface area contributed by atoms with Crippen molar-refractivity contribution in [2.24, 2.45) is 0 Å². The number of nitrogens with one attached hydrogen (secondary N) is 1. The Bertz CT molecular complexity index is 975. The largest absolute Gasteiger partial charge is 0.534 e. The normalized spacial score (nSPS) is 11.2. The molecular weight excluding hydrogens is 371 g/mol. The molecule has 0 unspecified atom stereocenters. The zero-order valence-electron chi connectivity index (χ0n) is 13.3. The number of halogens is 3. The van der Waals surface area contributed by atoms with Gasteiger partial charge in [-0.1, -0.05) is 36.1 Å². The lowest BCUT2D eigenvalue weighted by Crippen LogP contribution is -2.28. The Kier molecular flexibility index (Phi) is 5.57. The van der Waals surface area contributed by atoms with E-state index in [4.69, 9.17) is 0 Å². The summed E-state index contributed by atoms with van der Waals surface area (Å²) >= 11 is 0. The zero-order chi connectivity index (χ0) is 19.4. The van der Waals surface area contributed by atoms with E-state index < -0.39 is 27.3 Å². The summed E-state index contributed by atoms with van der Waals surface area (Å²) in [5.41, 5.74) is -5.23. The van der Waals surface area contributed by atoms with Crippen LogP contribution in [0.3, 0.4) is 0 Å². The lowest BCUT2D eigenvalue weighted by atomic mass is 10.1. The molecule has 0 radical (unpaired) electrons. The van der Waals surface area contributed by atoms with Crippen molar-refractivity contribution in [2.75, 3.05) is 5.32 Å². The Hall–Kier alpha value is -2.99. The fourth-order valence-electron chi connectivity index (χ4n) is 1.84. The number of amides is 1. The predicted molar refractivity (Wildman–Crippen MR) is 88.8 cm³/mol. The molecule has 0 aromatic heterocycles. The van der Waals surface area contributed by atoms with E-state index in [9.17, 15) is 26.4 Å². The van der Waals surface area contributed by atoms with Gasteiger partial charge in [0, 0.05) is 12.5 Å². The molecule has 0 saturated heterocycles. The second kappa shape index (κ2) is 7.49. The van der Waals surface area contributed by atoms with Crippen LogP contribution in [-0.2, 0) is 14.9 Å². The molecule has 0 spiro atoms. The van der Waals surface area contributed by atoms with E-state index in [1.165, 1.54) is 19.1 Å². The Morgan fingerprint density at radius 1 is 1.04 bits per heavy atom. The van der Waals surface area contributed by atoms with Crippen LogP contribution in [0.1, 0.15) is 18.1 Å². The molecule has 2 aromatic rings. The summed E-state index contributed by atoms with van der Waals surface area (Å²) in [4.78, 5) is 11.3. The Labute approximate surface area is 147 Å². The maximum absolute atomic E-state index is 12.6. The molecule has 5 nitrogen and oxygen atoms in total. The van der Waals surface area contributed by atoms with Gasteiger partial charge in [-0.2, -0.15) is 21.6 Å². The number of carbonyl (C=O) groups excluding carboxylic acids is 1. The first kappa shape index (κ1) is 19.3. The molecule has 2 aromatic carbocycles. The van der Waals surface area contributed by atoms with Crippen molar-refractivity contribution in [1.29, 1.82) is 0 Å². The molecule has 1 N–H and O–H groups in total. The minimum absolute atomic E-state index is 0.0239. The highest BCUT2D eigenvalue weighted by molar-refractivity contribution is 7.88. The molecule has 0 aliphatic heterocycles. The highest BCUT2D eigenvalue weighted by atomic mass is 32.2. The molecular formula is C17H12F3NO4S. The van der Waals surface area contributed by atoms with Crippen molar-refractivity contribution in [3.63, 3.8) is 0 Å². The minimum atomic E-state index is -5.88. The average Bonchev–Trinajstić information content (AvgIpc) is 2.53. The predicted octanol–water partition coefficient (Wildman–Crippen LogP) is 3.27. The van der Waals surface area contributed by atoms with Crippen molar-refractivity contribution in [3.05, 3.63) is 59.7 Å². The van der Waals surface area contributed by atoms with Gasteiger partial charge in [0.15, 0.2) is 5.75 Å². The van der Waals surface area contributed by atoms with Gasteiger partial charge in [-0.15, -0.1) is 0 Å². The quantitative estimate of drug-likeness (QED) is 0.502. The standard InChI is InChI=1S/C17H12F3NO4S/c1-12(22)21-15-8-5-9-16(25-26(23,24)17(18,19)20)14(15)11-10-13-6-3-2-4-7-13/h2-9H,1H3,(H,21,22). The van der Waals surface area contributed by atoms with Gasteiger partial charge in [-0.25, -0.2) is 0 Å². The molecule has 0 heterocycles. The summed E-state index contributed by atoms with van der Waals surface area (Å²) in [6.07, 6.45) is 0. The Morgan fingerprint density at radius 3 is 2.27 bits per heavy atom. The summed E-state index contributed by atoms with van der Waals surface area (Å²) in [5.74, 6) is 4.09. The summed E-state index contributed by atoms with van der Waals surface area (Å²) in [5, 5.41) is 2.38. The molecule has 0 aliphatic rings. The van der Waals surface area contributed by atoms with E-state index in [0.717, 1.165) is 6.07 Å². The van der Waals surface area contributed by atoms with Crippen LogP contribution in [0.25, 0.3) is 0 Å². The van der Waals surface area contributed by atoms with Gasteiger partial charge in [0.2, 0.25) is 5.91 Å². The topological polar surface area (TPSA) is 72.5 Å². The van der Waals surface area contributed by atoms with Crippen molar-refractivity contribution in [3.8, 4) is 17.6 Å². The Balaban J connectivity index is 2.55. The lowest BCUT2D eigenvalue weighted by Gasteiger charge is -2.13. The van der Waals surface area contributed by atoms with Crippen molar-refractivity contribution < 1.29 is 30.6 Å². The number of anilines is 1. The molecule has 26 heavy (non-hydrogen) atoms. The van der Waals surface area contributed by atoms with E-state index >= 15 is 0 Å². The van der Waals surface area contributed by atoms with Crippen LogP contribution in [0.15, 0.2) is 48.5 Å². The van der Waals surface area contributed by atoms with Gasteiger partial charge in [-0.05, 0) is 24.3 Å². The summed E-state index contributed by atoms with van der Waals surface area (Å²) < 4.78 is 64.6. The van der Waals surface area contributed by atoms with Crippen LogP contribution >= 0.6 is 0 Å². The third-order valence-corrected chi connectivity index (χ3v) is 3.89. The zero-order valence-corrected chi connectivity index (χ0v) is 14.1. The number of rotatable bonds is 3. The molecule has 0 bridgehead atoms. The number of hydrogen-bond donors (Lipinski definition) is 1. The van der Waals surface area contributed by atoms with Crippen LogP contribution in [0, 0.1) is 11.8 Å². The van der Waals surface area contributed by atoms with E-state index in [1.54, 1.807) is 30.3 Å². The first-order chi connectivity index (χ1) is 12.1. The smallest absolute Gasteiger partial charge is 0.375 e. The monoisotopic (exact) mass is 383 g/mol. The van der Waals surface area contributed by atoms with E-state index in [2.05, 4.69) is 21.3 Å². The molecule has 0 fully saturated rings. The minimum Gasteiger partial charge on any atom is -0.375 e. The molecule has 2 rings (SSSR count). The molecule has 9 heteroatoms. The van der Waals surface area contributed by atoms with E-state index in [-0.39, 0.29) is 11.3 Å². The SMILES string of the molecule is CC(=O)Nc1cccc(OS(=O)(=O)C(F)(F)F)c1C#Cc1ccccc1. The summed E-state index contributed by atoms with van der Waals surface area (Å²) in [6, 6.07) is 12.1. The van der Waals surface area contributed by atoms with Crippen LogP contribution < -0.4 is 9.50 Å². The molecule has 136 valence electrons. The third kappa shape index (κ3) is 4.77. The summed E-state index contributed by atoms with van der Waals surface area (Å²) in [6.45, 7) is 1.19. The van der Waals surface area contributed by atoms with Gasteiger partial charge >= 0.3 is 15.6 Å². The molecule has 0 atom stereocenters. The van der Waals surface area contributed by atoms with E-state index in [0.29, 0.717) is 5.56 Å². The molecule has 0 aliphatic carbocycles.